The zero-order chi connectivity index (χ0) is 19.1. The molecule has 0 fully saturated rings. The molecular formula is C25H29NO. The standard InChI is InChI=1S/C25H29NO/c1-4-25(23-15-17-24(27-3)18-16-23)26(19-21-11-7-5-8-12-21)20(2)22-13-9-6-10-14-22/h5-18,20,25H,4,19H2,1-3H3. The lowest BCUT2D eigenvalue weighted by Crippen LogP contribution is -2.31. The summed E-state index contributed by atoms with van der Waals surface area (Å²) in [5.74, 6) is 0.902. The van der Waals surface area contributed by atoms with Gasteiger partial charge in [0.15, 0.2) is 0 Å². The molecule has 3 rings (SSSR count). The molecule has 0 saturated carbocycles. The van der Waals surface area contributed by atoms with Gasteiger partial charge in [0.1, 0.15) is 5.75 Å². The van der Waals surface area contributed by atoms with Crippen LogP contribution in [-0.4, -0.2) is 12.0 Å². The van der Waals surface area contributed by atoms with Gasteiger partial charge in [-0.1, -0.05) is 79.7 Å². The molecule has 0 bridgehead atoms. The number of hydrogen-bond acceptors (Lipinski definition) is 2. The first kappa shape index (κ1) is 19.2. The molecule has 3 aromatic rings. The summed E-state index contributed by atoms with van der Waals surface area (Å²) in [6.45, 7) is 5.50. The van der Waals surface area contributed by atoms with E-state index in [2.05, 4.69) is 104 Å². The fraction of sp³-hybridized carbons (Fsp3) is 0.280. The highest BCUT2D eigenvalue weighted by Crippen LogP contribution is 2.35. The monoisotopic (exact) mass is 359 g/mol. The van der Waals surface area contributed by atoms with Crippen LogP contribution in [0.4, 0.5) is 0 Å². The van der Waals surface area contributed by atoms with Crippen molar-refractivity contribution in [3.63, 3.8) is 0 Å². The summed E-state index contributed by atoms with van der Waals surface area (Å²) in [4.78, 5) is 2.60. The number of benzene rings is 3. The number of hydrogen-bond donors (Lipinski definition) is 0. The van der Waals surface area contributed by atoms with Crippen molar-refractivity contribution in [1.82, 2.24) is 4.90 Å². The average Bonchev–Trinajstić information content (AvgIpc) is 2.75. The van der Waals surface area contributed by atoms with Gasteiger partial charge in [-0.2, -0.15) is 0 Å². The Morgan fingerprint density at radius 1 is 0.778 bits per heavy atom. The van der Waals surface area contributed by atoms with E-state index in [9.17, 15) is 0 Å². The minimum atomic E-state index is 0.318. The molecule has 2 heteroatoms. The first-order valence-corrected chi connectivity index (χ1v) is 9.71. The zero-order valence-electron chi connectivity index (χ0n) is 16.5. The van der Waals surface area contributed by atoms with Gasteiger partial charge in [-0.25, -0.2) is 0 Å². The Morgan fingerprint density at radius 2 is 1.37 bits per heavy atom. The average molecular weight is 360 g/mol. The summed E-state index contributed by atoms with van der Waals surface area (Å²) in [6.07, 6.45) is 1.05. The summed E-state index contributed by atoms with van der Waals surface area (Å²) < 4.78 is 5.34. The van der Waals surface area contributed by atoms with Gasteiger partial charge in [-0.15, -0.1) is 0 Å². The molecule has 140 valence electrons. The van der Waals surface area contributed by atoms with E-state index in [-0.39, 0.29) is 0 Å². The van der Waals surface area contributed by atoms with Crippen molar-refractivity contribution >= 4 is 0 Å². The van der Waals surface area contributed by atoms with Crippen LogP contribution >= 0.6 is 0 Å². The van der Waals surface area contributed by atoms with Crippen LogP contribution in [0.3, 0.4) is 0 Å². The first-order chi connectivity index (χ1) is 13.2. The van der Waals surface area contributed by atoms with E-state index >= 15 is 0 Å². The Balaban J connectivity index is 1.95. The Labute approximate surface area is 163 Å². The maximum atomic E-state index is 5.34. The van der Waals surface area contributed by atoms with Gasteiger partial charge in [-0.3, -0.25) is 4.90 Å². The molecule has 0 amide bonds. The van der Waals surface area contributed by atoms with E-state index in [0.29, 0.717) is 12.1 Å². The summed E-state index contributed by atoms with van der Waals surface area (Å²) in [6, 6.07) is 30.7. The van der Waals surface area contributed by atoms with Crippen LogP contribution in [0.5, 0.6) is 5.75 Å². The Bertz CT molecular complexity index is 799. The highest BCUT2D eigenvalue weighted by Gasteiger charge is 2.25. The molecule has 2 nitrogen and oxygen atoms in total. The van der Waals surface area contributed by atoms with E-state index < -0.39 is 0 Å². The number of rotatable bonds is 8. The van der Waals surface area contributed by atoms with Crippen molar-refractivity contribution in [2.75, 3.05) is 7.11 Å². The Hall–Kier alpha value is -2.58. The van der Waals surface area contributed by atoms with Crippen molar-refractivity contribution in [2.24, 2.45) is 0 Å². The van der Waals surface area contributed by atoms with Crippen LogP contribution in [0.15, 0.2) is 84.9 Å². The van der Waals surface area contributed by atoms with E-state index in [1.54, 1.807) is 7.11 Å². The third-order valence-electron chi connectivity index (χ3n) is 5.28. The van der Waals surface area contributed by atoms with Crippen molar-refractivity contribution in [2.45, 2.75) is 38.9 Å². The summed E-state index contributed by atoms with van der Waals surface area (Å²) in [5, 5.41) is 0. The van der Waals surface area contributed by atoms with E-state index in [4.69, 9.17) is 4.74 Å². The maximum absolute atomic E-state index is 5.34. The molecule has 0 radical (unpaired) electrons. The molecular weight excluding hydrogens is 330 g/mol. The normalized spacial score (nSPS) is 13.3. The second-order valence-electron chi connectivity index (χ2n) is 6.94. The van der Waals surface area contributed by atoms with Crippen LogP contribution in [0.2, 0.25) is 0 Å². The van der Waals surface area contributed by atoms with Crippen molar-refractivity contribution in [3.05, 3.63) is 102 Å². The molecule has 3 aromatic carbocycles. The number of ether oxygens (including phenoxy) is 1. The molecule has 0 N–H and O–H groups in total. The molecule has 0 saturated heterocycles. The molecule has 0 aromatic heterocycles. The van der Waals surface area contributed by atoms with Gasteiger partial charge in [0.2, 0.25) is 0 Å². The molecule has 2 atom stereocenters. The van der Waals surface area contributed by atoms with Gasteiger partial charge in [0, 0.05) is 18.6 Å². The second-order valence-corrected chi connectivity index (χ2v) is 6.94. The molecule has 0 heterocycles. The molecule has 2 unspecified atom stereocenters. The number of nitrogens with zero attached hydrogens (tertiary/aromatic N) is 1. The quantitative estimate of drug-likeness (QED) is 0.461. The predicted molar refractivity (Wildman–Crippen MR) is 113 cm³/mol. The van der Waals surface area contributed by atoms with Crippen LogP contribution in [0.1, 0.15) is 49.0 Å². The van der Waals surface area contributed by atoms with Gasteiger partial charge in [0.05, 0.1) is 7.11 Å². The van der Waals surface area contributed by atoms with Gasteiger partial charge >= 0.3 is 0 Å². The van der Waals surface area contributed by atoms with Gasteiger partial charge < -0.3 is 4.74 Å². The van der Waals surface area contributed by atoms with Crippen LogP contribution in [0, 0.1) is 0 Å². The molecule has 0 aliphatic rings. The molecule has 0 aliphatic carbocycles. The van der Waals surface area contributed by atoms with Crippen LogP contribution < -0.4 is 4.74 Å². The highest BCUT2D eigenvalue weighted by molar-refractivity contribution is 5.30. The third kappa shape index (κ3) is 4.78. The van der Waals surface area contributed by atoms with E-state index in [0.717, 1.165) is 18.7 Å². The predicted octanol–water partition coefficient (Wildman–Crippen LogP) is 6.41. The summed E-state index contributed by atoms with van der Waals surface area (Å²) in [7, 11) is 1.71. The molecule has 27 heavy (non-hydrogen) atoms. The summed E-state index contributed by atoms with van der Waals surface area (Å²) in [5.41, 5.74) is 4.02. The Morgan fingerprint density at radius 3 is 1.93 bits per heavy atom. The molecule has 0 spiro atoms. The van der Waals surface area contributed by atoms with Crippen LogP contribution in [0.25, 0.3) is 0 Å². The van der Waals surface area contributed by atoms with Crippen molar-refractivity contribution in [3.8, 4) is 5.75 Å². The largest absolute Gasteiger partial charge is 0.497 e. The smallest absolute Gasteiger partial charge is 0.118 e. The van der Waals surface area contributed by atoms with Crippen molar-refractivity contribution < 1.29 is 4.74 Å². The maximum Gasteiger partial charge on any atom is 0.118 e. The highest BCUT2D eigenvalue weighted by atomic mass is 16.5. The van der Waals surface area contributed by atoms with E-state index in [1.165, 1.54) is 16.7 Å². The fourth-order valence-corrected chi connectivity index (χ4v) is 3.72. The van der Waals surface area contributed by atoms with Crippen molar-refractivity contribution in [1.29, 1.82) is 0 Å². The first-order valence-electron chi connectivity index (χ1n) is 9.71. The minimum Gasteiger partial charge on any atom is -0.497 e. The zero-order valence-corrected chi connectivity index (χ0v) is 16.5. The van der Waals surface area contributed by atoms with Gasteiger partial charge in [-0.05, 0) is 42.2 Å². The van der Waals surface area contributed by atoms with E-state index in [1.807, 2.05) is 0 Å². The summed E-state index contributed by atoms with van der Waals surface area (Å²) >= 11 is 0. The minimum absolute atomic E-state index is 0.318. The SMILES string of the molecule is CCC(c1ccc(OC)cc1)N(Cc1ccccc1)C(C)c1ccccc1. The third-order valence-corrected chi connectivity index (χ3v) is 5.28. The Kier molecular flexibility index (Phi) is 6.67. The molecule has 0 aliphatic heterocycles. The lowest BCUT2D eigenvalue weighted by Gasteiger charge is -2.37. The second kappa shape index (κ2) is 9.38. The number of methoxy groups -OCH3 is 1. The van der Waals surface area contributed by atoms with Gasteiger partial charge in [0.25, 0.3) is 0 Å². The lowest BCUT2D eigenvalue weighted by atomic mass is 9.97. The van der Waals surface area contributed by atoms with Crippen LogP contribution in [-0.2, 0) is 6.54 Å². The lowest BCUT2D eigenvalue weighted by molar-refractivity contribution is 0.129. The fourth-order valence-electron chi connectivity index (χ4n) is 3.72. The topological polar surface area (TPSA) is 12.5 Å².